The molecule has 0 radical (unpaired) electrons. The van der Waals surface area contributed by atoms with E-state index in [9.17, 15) is 0 Å². The molecule has 3 heteroatoms. The zero-order valence-corrected chi connectivity index (χ0v) is 11.2. The van der Waals surface area contributed by atoms with Crippen molar-refractivity contribution in [2.75, 3.05) is 13.1 Å². The third-order valence-corrected chi connectivity index (χ3v) is 4.17. The predicted octanol–water partition coefficient (Wildman–Crippen LogP) is 3.46. The van der Waals surface area contributed by atoms with Crippen molar-refractivity contribution in [2.45, 2.75) is 19.1 Å². The Morgan fingerprint density at radius 2 is 2.00 bits per heavy atom. The number of hydrogen-bond donors (Lipinski definition) is 1. The number of nitrogens with one attached hydrogen (secondary N) is 1. The smallest absolute Gasteiger partial charge is 0.0953 e. The van der Waals surface area contributed by atoms with E-state index in [0.717, 1.165) is 13.1 Å². The molecule has 2 aromatic rings. The number of thiophene rings is 1. The van der Waals surface area contributed by atoms with Crippen LogP contribution in [0, 0.1) is 0 Å². The Hall–Kier alpha value is -1.16. The number of ether oxygens (including phenoxy) is 1. The first kappa shape index (κ1) is 11.9. The summed E-state index contributed by atoms with van der Waals surface area (Å²) in [5.41, 5.74) is 2.54. The molecule has 2 nitrogen and oxygen atoms in total. The maximum Gasteiger partial charge on any atom is 0.0953 e. The van der Waals surface area contributed by atoms with Crippen LogP contribution in [0.25, 0.3) is 10.4 Å². The highest BCUT2D eigenvalue weighted by Crippen LogP contribution is 2.27. The first-order chi connectivity index (χ1) is 8.83. The summed E-state index contributed by atoms with van der Waals surface area (Å²) in [6.45, 7) is 3.96. The Labute approximate surface area is 112 Å². The van der Waals surface area contributed by atoms with Gasteiger partial charge in [0.2, 0.25) is 0 Å². The largest absolute Gasteiger partial charge is 0.368 e. The van der Waals surface area contributed by atoms with E-state index in [1.165, 1.54) is 16.0 Å². The zero-order valence-electron chi connectivity index (χ0n) is 10.4. The highest BCUT2D eigenvalue weighted by molar-refractivity contribution is 7.13. The second-order valence-corrected chi connectivity index (χ2v) is 5.64. The summed E-state index contributed by atoms with van der Waals surface area (Å²) >= 11 is 1.77. The van der Waals surface area contributed by atoms with E-state index in [1.807, 2.05) is 0 Å². The van der Waals surface area contributed by atoms with Crippen LogP contribution in [-0.4, -0.2) is 19.2 Å². The molecule has 0 aliphatic carbocycles. The molecule has 2 heterocycles. The van der Waals surface area contributed by atoms with E-state index < -0.39 is 0 Å². The number of benzene rings is 1. The number of hydrogen-bond acceptors (Lipinski definition) is 3. The van der Waals surface area contributed by atoms with E-state index in [1.54, 1.807) is 11.3 Å². The van der Waals surface area contributed by atoms with Crippen molar-refractivity contribution in [3.63, 3.8) is 0 Å². The van der Waals surface area contributed by atoms with Crippen LogP contribution in [0.15, 0.2) is 41.8 Å². The van der Waals surface area contributed by atoms with Crippen LogP contribution in [0.3, 0.4) is 0 Å². The second kappa shape index (κ2) is 5.22. The van der Waals surface area contributed by atoms with Crippen molar-refractivity contribution in [3.05, 3.63) is 47.3 Å². The van der Waals surface area contributed by atoms with Gasteiger partial charge >= 0.3 is 0 Å². The minimum Gasteiger partial charge on any atom is -0.368 e. The minimum absolute atomic E-state index is 0.186. The quantitative estimate of drug-likeness (QED) is 0.891. The lowest BCUT2D eigenvalue weighted by molar-refractivity contribution is -0.0287. The number of rotatable bonds is 2. The molecule has 1 aliphatic rings. The van der Waals surface area contributed by atoms with E-state index in [-0.39, 0.29) is 6.10 Å². The first-order valence-electron chi connectivity index (χ1n) is 6.33. The van der Waals surface area contributed by atoms with Crippen LogP contribution in [0.1, 0.15) is 18.6 Å². The van der Waals surface area contributed by atoms with E-state index in [2.05, 4.69) is 54.0 Å². The topological polar surface area (TPSA) is 21.3 Å². The van der Waals surface area contributed by atoms with Crippen molar-refractivity contribution in [1.29, 1.82) is 0 Å². The van der Waals surface area contributed by atoms with Crippen LogP contribution in [0.4, 0.5) is 0 Å². The highest BCUT2D eigenvalue weighted by Gasteiger charge is 2.20. The Morgan fingerprint density at radius 3 is 2.67 bits per heavy atom. The van der Waals surface area contributed by atoms with Gasteiger partial charge in [-0.15, -0.1) is 11.3 Å². The van der Waals surface area contributed by atoms with E-state index in [0.29, 0.717) is 6.10 Å². The lowest BCUT2D eigenvalue weighted by atomic mass is 10.0. The molecule has 1 fully saturated rings. The third kappa shape index (κ3) is 2.48. The molecule has 0 bridgehead atoms. The van der Waals surface area contributed by atoms with Gasteiger partial charge in [0.15, 0.2) is 0 Å². The summed E-state index contributed by atoms with van der Waals surface area (Å²) in [7, 11) is 0. The normalized spacial score (nSPS) is 24.1. The van der Waals surface area contributed by atoms with E-state index in [4.69, 9.17) is 4.74 Å². The predicted molar refractivity (Wildman–Crippen MR) is 75.9 cm³/mol. The zero-order chi connectivity index (χ0) is 12.4. The molecule has 18 heavy (non-hydrogen) atoms. The summed E-state index contributed by atoms with van der Waals surface area (Å²) < 4.78 is 5.94. The van der Waals surface area contributed by atoms with Gasteiger partial charge in [-0.3, -0.25) is 0 Å². The molecule has 1 aliphatic heterocycles. The fourth-order valence-electron chi connectivity index (χ4n) is 2.30. The second-order valence-electron chi connectivity index (χ2n) is 4.69. The fraction of sp³-hybridized carbons (Fsp3) is 0.333. The maximum atomic E-state index is 5.94. The fourth-order valence-corrected chi connectivity index (χ4v) is 3.03. The Morgan fingerprint density at radius 1 is 1.17 bits per heavy atom. The summed E-state index contributed by atoms with van der Waals surface area (Å²) in [6.07, 6.45) is 0.479. The molecular formula is C15H17NOS. The molecule has 94 valence electrons. The minimum atomic E-state index is 0.186. The van der Waals surface area contributed by atoms with Gasteiger partial charge in [-0.1, -0.05) is 30.3 Å². The van der Waals surface area contributed by atoms with Crippen LogP contribution in [0.2, 0.25) is 0 Å². The summed E-state index contributed by atoms with van der Waals surface area (Å²) in [5.74, 6) is 0. The molecule has 2 atom stereocenters. The van der Waals surface area contributed by atoms with Crippen LogP contribution < -0.4 is 5.32 Å². The first-order valence-corrected chi connectivity index (χ1v) is 7.21. The van der Waals surface area contributed by atoms with Gasteiger partial charge in [-0.2, -0.15) is 0 Å². The molecular weight excluding hydrogens is 242 g/mol. The standard InChI is InChI=1S/C15H17NOS/c1-11-9-16-10-14(17-11)12-4-6-13(7-5-12)15-3-2-8-18-15/h2-8,11,14,16H,9-10H2,1H3. The van der Waals surface area contributed by atoms with E-state index >= 15 is 0 Å². The third-order valence-electron chi connectivity index (χ3n) is 3.25. The van der Waals surface area contributed by atoms with Gasteiger partial charge in [-0.05, 0) is 29.5 Å². The van der Waals surface area contributed by atoms with Crippen molar-refractivity contribution in [1.82, 2.24) is 5.32 Å². The molecule has 1 N–H and O–H groups in total. The van der Waals surface area contributed by atoms with Crippen LogP contribution in [0.5, 0.6) is 0 Å². The van der Waals surface area contributed by atoms with Crippen molar-refractivity contribution in [3.8, 4) is 10.4 Å². The Kier molecular flexibility index (Phi) is 3.46. The molecule has 1 aromatic carbocycles. The molecule has 3 rings (SSSR count). The average molecular weight is 259 g/mol. The molecule has 1 aromatic heterocycles. The van der Waals surface area contributed by atoms with Gasteiger partial charge < -0.3 is 10.1 Å². The molecule has 0 saturated carbocycles. The maximum absolute atomic E-state index is 5.94. The molecule has 0 amide bonds. The van der Waals surface area contributed by atoms with Gasteiger partial charge in [0.05, 0.1) is 12.2 Å². The summed E-state index contributed by atoms with van der Waals surface area (Å²) in [5, 5.41) is 5.51. The van der Waals surface area contributed by atoms with Crippen molar-refractivity contribution < 1.29 is 4.74 Å². The molecule has 1 saturated heterocycles. The monoisotopic (exact) mass is 259 g/mol. The molecule has 2 unspecified atom stereocenters. The van der Waals surface area contributed by atoms with Gasteiger partial charge in [0.1, 0.15) is 0 Å². The summed E-state index contributed by atoms with van der Waals surface area (Å²) in [4.78, 5) is 1.32. The Balaban J connectivity index is 1.78. The Bertz CT molecular complexity index is 492. The van der Waals surface area contributed by atoms with Gasteiger partial charge in [0.25, 0.3) is 0 Å². The average Bonchev–Trinajstić information content (AvgIpc) is 2.93. The van der Waals surface area contributed by atoms with Gasteiger partial charge in [-0.25, -0.2) is 0 Å². The lowest BCUT2D eigenvalue weighted by Gasteiger charge is -2.29. The van der Waals surface area contributed by atoms with Gasteiger partial charge in [0, 0.05) is 18.0 Å². The van der Waals surface area contributed by atoms with Crippen molar-refractivity contribution in [2.24, 2.45) is 0 Å². The summed E-state index contributed by atoms with van der Waals surface area (Å²) in [6, 6.07) is 13.0. The SMILES string of the molecule is CC1CNCC(c2ccc(-c3cccs3)cc2)O1. The van der Waals surface area contributed by atoms with Crippen LogP contribution in [-0.2, 0) is 4.74 Å². The lowest BCUT2D eigenvalue weighted by Crippen LogP contribution is -2.38. The molecule has 0 spiro atoms. The van der Waals surface area contributed by atoms with Crippen LogP contribution >= 0.6 is 11.3 Å². The highest BCUT2D eigenvalue weighted by atomic mass is 32.1. The van der Waals surface area contributed by atoms with Crippen molar-refractivity contribution >= 4 is 11.3 Å². The number of morpholine rings is 1.